The Morgan fingerprint density at radius 2 is 1.48 bits per heavy atom. The van der Waals surface area contributed by atoms with Crippen molar-refractivity contribution < 1.29 is 4.74 Å². The third-order valence-electron chi connectivity index (χ3n) is 4.67. The smallest absolute Gasteiger partial charge is 0.127 e. The first-order valence-corrected chi connectivity index (χ1v) is 9.82. The minimum absolute atomic E-state index is 0.148. The zero-order chi connectivity index (χ0) is 20.1. The molecule has 29 heavy (non-hydrogen) atoms. The maximum atomic E-state index is 5.93. The highest BCUT2D eigenvalue weighted by molar-refractivity contribution is 5.80. The van der Waals surface area contributed by atoms with E-state index in [9.17, 15) is 0 Å². The SMILES string of the molecule is CC(C)=NN1CNC(c2ccccc2)C=C1c1ccc(Oc2ccccc2)cc1. The lowest BCUT2D eigenvalue weighted by atomic mass is 10.0. The van der Waals surface area contributed by atoms with E-state index in [2.05, 4.69) is 47.8 Å². The molecular formula is C25H25N3O. The fourth-order valence-corrected chi connectivity index (χ4v) is 3.34. The molecule has 1 heterocycles. The number of rotatable bonds is 5. The van der Waals surface area contributed by atoms with Gasteiger partial charge >= 0.3 is 0 Å². The van der Waals surface area contributed by atoms with Gasteiger partial charge in [-0.15, -0.1) is 0 Å². The zero-order valence-electron chi connectivity index (χ0n) is 16.7. The molecule has 0 fully saturated rings. The van der Waals surface area contributed by atoms with Crippen molar-refractivity contribution in [2.75, 3.05) is 6.67 Å². The Labute approximate surface area is 172 Å². The summed E-state index contributed by atoms with van der Waals surface area (Å²) in [6.45, 7) is 4.67. The van der Waals surface area contributed by atoms with Crippen molar-refractivity contribution >= 4 is 11.4 Å². The Kier molecular flexibility index (Phi) is 5.73. The van der Waals surface area contributed by atoms with Gasteiger partial charge in [0.15, 0.2) is 0 Å². The highest BCUT2D eigenvalue weighted by atomic mass is 16.5. The van der Waals surface area contributed by atoms with Crippen molar-refractivity contribution in [2.24, 2.45) is 5.10 Å². The minimum atomic E-state index is 0.148. The largest absolute Gasteiger partial charge is 0.457 e. The van der Waals surface area contributed by atoms with Crippen LogP contribution in [-0.2, 0) is 0 Å². The predicted octanol–water partition coefficient (Wildman–Crippen LogP) is 5.82. The van der Waals surface area contributed by atoms with Gasteiger partial charge in [-0.3, -0.25) is 10.3 Å². The van der Waals surface area contributed by atoms with Gasteiger partial charge in [0.05, 0.1) is 18.4 Å². The highest BCUT2D eigenvalue weighted by Gasteiger charge is 2.21. The molecule has 1 aliphatic rings. The van der Waals surface area contributed by atoms with E-state index in [1.54, 1.807) is 0 Å². The quantitative estimate of drug-likeness (QED) is 0.564. The second-order valence-electron chi connectivity index (χ2n) is 7.19. The fraction of sp³-hybridized carbons (Fsp3) is 0.160. The van der Waals surface area contributed by atoms with Gasteiger partial charge in [-0.2, -0.15) is 5.10 Å². The van der Waals surface area contributed by atoms with Crippen LogP contribution in [0.15, 0.2) is 96.1 Å². The second-order valence-corrected chi connectivity index (χ2v) is 7.19. The summed E-state index contributed by atoms with van der Waals surface area (Å²) >= 11 is 0. The summed E-state index contributed by atoms with van der Waals surface area (Å²) in [4.78, 5) is 0. The molecule has 0 spiro atoms. The average molecular weight is 383 g/mol. The van der Waals surface area contributed by atoms with E-state index in [1.807, 2.05) is 67.4 Å². The van der Waals surface area contributed by atoms with Crippen LogP contribution < -0.4 is 10.1 Å². The molecule has 0 aliphatic carbocycles. The normalized spacial score (nSPS) is 16.1. The van der Waals surface area contributed by atoms with Crippen LogP contribution in [0.1, 0.15) is 31.0 Å². The van der Waals surface area contributed by atoms with Crippen LogP contribution in [0.2, 0.25) is 0 Å². The first kappa shape index (κ1) is 19.0. The van der Waals surface area contributed by atoms with Crippen LogP contribution in [-0.4, -0.2) is 17.4 Å². The van der Waals surface area contributed by atoms with Gasteiger partial charge in [-0.05, 0) is 67.4 Å². The van der Waals surface area contributed by atoms with E-state index in [-0.39, 0.29) is 6.04 Å². The van der Waals surface area contributed by atoms with Crippen LogP contribution in [0, 0.1) is 0 Å². The lowest BCUT2D eigenvalue weighted by molar-refractivity contribution is 0.344. The van der Waals surface area contributed by atoms with Crippen molar-refractivity contribution in [3.05, 3.63) is 102 Å². The minimum Gasteiger partial charge on any atom is -0.457 e. The monoisotopic (exact) mass is 383 g/mol. The van der Waals surface area contributed by atoms with Gasteiger partial charge in [-0.1, -0.05) is 48.5 Å². The Morgan fingerprint density at radius 3 is 2.14 bits per heavy atom. The highest BCUT2D eigenvalue weighted by Crippen LogP contribution is 2.30. The molecule has 4 heteroatoms. The van der Waals surface area contributed by atoms with Crippen LogP contribution in [0.3, 0.4) is 0 Å². The molecule has 4 nitrogen and oxygen atoms in total. The topological polar surface area (TPSA) is 36.9 Å². The average Bonchev–Trinajstić information content (AvgIpc) is 2.76. The van der Waals surface area contributed by atoms with E-state index in [0.29, 0.717) is 6.67 Å². The molecule has 0 radical (unpaired) electrons. The molecular weight excluding hydrogens is 358 g/mol. The van der Waals surface area contributed by atoms with Crippen molar-refractivity contribution in [3.63, 3.8) is 0 Å². The molecule has 0 saturated carbocycles. The van der Waals surface area contributed by atoms with E-state index in [0.717, 1.165) is 28.5 Å². The van der Waals surface area contributed by atoms with E-state index < -0.39 is 0 Å². The number of nitrogens with zero attached hydrogens (tertiary/aromatic N) is 2. The number of ether oxygens (including phenoxy) is 1. The molecule has 4 rings (SSSR count). The third kappa shape index (κ3) is 4.73. The van der Waals surface area contributed by atoms with Crippen molar-refractivity contribution in [1.29, 1.82) is 0 Å². The van der Waals surface area contributed by atoms with Gasteiger partial charge in [0.25, 0.3) is 0 Å². The molecule has 146 valence electrons. The summed E-state index contributed by atoms with van der Waals surface area (Å²) < 4.78 is 5.93. The maximum Gasteiger partial charge on any atom is 0.127 e. The molecule has 3 aromatic rings. The number of nitrogens with one attached hydrogen (secondary N) is 1. The predicted molar refractivity (Wildman–Crippen MR) is 119 cm³/mol. The summed E-state index contributed by atoms with van der Waals surface area (Å²) in [5, 5.41) is 10.3. The van der Waals surface area contributed by atoms with Gasteiger partial charge < -0.3 is 4.74 Å². The van der Waals surface area contributed by atoms with Gasteiger partial charge in [0.2, 0.25) is 0 Å². The van der Waals surface area contributed by atoms with Gasteiger partial charge in [0, 0.05) is 5.71 Å². The van der Waals surface area contributed by atoms with Crippen LogP contribution >= 0.6 is 0 Å². The summed E-state index contributed by atoms with van der Waals surface area (Å²) in [7, 11) is 0. The lowest BCUT2D eigenvalue weighted by Crippen LogP contribution is -2.37. The maximum absolute atomic E-state index is 5.93. The van der Waals surface area contributed by atoms with Crippen molar-refractivity contribution in [1.82, 2.24) is 10.3 Å². The molecule has 1 N–H and O–H groups in total. The molecule has 0 saturated heterocycles. The van der Waals surface area contributed by atoms with Gasteiger partial charge in [0.1, 0.15) is 11.5 Å². The van der Waals surface area contributed by atoms with Crippen LogP contribution in [0.4, 0.5) is 0 Å². The Balaban J connectivity index is 1.63. The number of para-hydroxylation sites is 1. The first-order valence-electron chi connectivity index (χ1n) is 9.82. The molecule has 1 aliphatic heterocycles. The van der Waals surface area contributed by atoms with Crippen LogP contribution in [0.25, 0.3) is 5.70 Å². The second kappa shape index (κ2) is 8.76. The molecule has 1 atom stereocenters. The van der Waals surface area contributed by atoms with E-state index >= 15 is 0 Å². The number of hydrogen-bond acceptors (Lipinski definition) is 4. The summed E-state index contributed by atoms with van der Waals surface area (Å²) in [5.41, 5.74) is 4.45. The standard InChI is InChI=1S/C25H25N3O/c1-19(2)27-28-18-26-24(20-9-5-3-6-10-20)17-25(28)21-13-15-23(16-14-21)29-22-11-7-4-8-12-22/h3-17,24,26H,18H2,1-2H3. The Morgan fingerprint density at radius 1 is 0.862 bits per heavy atom. The molecule has 0 aromatic heterocycles. The van der Waals surface area contributed by atoms with E-state index in [1.165, 1.54) is 5.56 Å². The fourth-order valence-electron chi connectivity index (χ4n) is 3.34. The van der Waals surface area contributed by atoms with Gasteiger partial charge in [-0.25, -0.2) is 0 Å². The molecule has 1 unspecified atom stereocenters. The zero-order valence-corrected chi connectivity index (χ0v) is 16.7. The Hall–Kier alpha value is -3.37. The summed E-state index contributed by atoms with van der Waals surface area (Å²) in [5.74, 6) is 1.65. The molecule has 0 bridgehead atoms. The van der Waals surface area contributed by atoms with E-state index in [4.69, 9.17) is 9.84 Å². The van der Waals surface area contributed by atoms with Crippen molar-refractivity contribution in [2.45, 2.75) is 19.9 Å². The lowest BCUT2D eigenvalue weighted by Gasteiger charge is -2.32. The van der Waals surface area contributed by atoms with Crippen LogP contribution in [0.5, 0.6) is 11.5 Å². The summed E-state index contributed by atoms with van der Waals surface area (Å²) in [6, 6.07) is 28.6. The first-order chi connectivity index (χ1) is 14.2. The molecule has 3 aromatic carbocycles. The number of benzene rings is 3. The third-order valence-corrected chi connectivity index (χ3v) is 4.67. The number of hydrogen-bond donors (Lipinski definition) is 1. The molecule has 0 amide bonds. The number of hydrazone groups is 1. The Bertz CT molecular complexity index is 991. The van der Waals surface area contributed by atoms with Crippen molar-refractivity contribution in [3.8, 4) is 11.5 Å². The summed E-state index contributed by atoms with van der Waals surface area (Å²) in [6.07, 6.45) is 2.23.